The Balaban J connectivity index is 1.54. The molecule has 3 aromatic heterocycles. The SMILES string of the molecule is CN1CCN(c2c(F)cc(S(=O)(=O)n3ccc4c(-c5ccc(N(C)C)cn5)cncc43)cc2F)CC1. The van der Waals surface area contributed by atoms with Crippen LogP contribution in [0.4, 0.5) is 20.2 Å². The van der Waals surface area contributed by atoms with E-state index in [0.29, 0.717) is 42.8 Å². The minimum absolute atomic E-state index is 0.199. The van der Waals surface area contributed by atoms with Crippen LogP contribution in [0.1, 0.15) is 0 Å². The van der Waals surface area contributed by atoms with E-state index < -0.39 is 26.6 Å². The monoisotopic (exact) mass is 512 g/mol. The largest absolute Gasteiger partial charge is 0.376 e. The van der Waals surface area contributed by atoms with Crippen LogP contribution in [-0.4, -0.2) is 74.6 Å². The van der Waals surface area contributed by atoms with Crippen LogP contribution >= 0.6 is 0 Å². The van der Waals surface area contributed by atoms with Crippen LogP contribution in [0.25, 0.3) is 22.2 Å². The number of piperazine rings is 1. The molecule has 11 heteroatoms. The lowest BCUT2D eigenvalue weighted by Crippen LogP contribution is -2.45. The van der Waals surface area contributed by atoms with E-state index in [2.05, 4.69) is 14.9 Å². The molecule has 0 spiro atoms. The molecule has 0 N–H and O–H groups in total. The van der Waals surface area contributed by atoms with Crippen LogP contribution in [-0.2, 0) is 10.0 Å². The Kier molecular flexibility index (Phi) is 6.13. The number of pyridine rings is 2. The third-order valence-electron chi connectivity index (χ3n) is 6.49. The average molecular weight is 513 g/mol. The van der Waals surface area contributed by atoms with Crippen LogP contribution in [0.15, 0.2) is 60.0 Å². The van der Waals surface area contributed by atoms with Gasteiger partial charge in [-0.05, 0) is 37.4 Å². The van der Waals surface area contributed by atoms with E-state index in [-0.39, 0.29) is 11.2 Å². The summed E-state index contributed by atoms with van der Waals surface area (Å²) in [6.07, 6.45) is 6.11. The van der Waals surface area contributed by atoms with Gasteiger partial charge < -0.3 is 14.7 Å². The zero-order chi connectivity index (χ0) is 25.6. The molecule has 1 aromatic carbocycles. The summed E-state index contributed by atoms with van der Waals surface area (Å²) in [5.41, 5.74) is 2.28. The van der Waals surface area contributed by atoms with Gasteiger partial charge in [-0.25, -0.2) is 21.2 Å². The highest BCUT2D eigenvalue weighted by Crippen LogP contribution is 2.32. The lowest BCUT2D eigenvalue weighted by atomic mass is 10.1. The van der Waals surface area contributed by atoms with Crippen molar-refractivity contribution in [3.8, 4) is 11.3 Å². The highest BCUT2D eigenvalue weighted by molar-refractivity contribution is 7.90. The summed E-state index contributed by atoms with van der Waals surface area (Å²) in [7, 11) is 1.46. The van der Waals surface area contributed by atoms with E-state index in [4.69, 9.17) is 0 Å². The molecule has 1 fully saturated rings. The number of aromatic nitrogens is 3. The molecule has 36 heavy (non-hydrogen) atoms. The summed E-state index contributed by atoms with van der Waals surface area (Å²) in [6.45, 7) is 2.24. The van der Waals surface area contributed by atoms with Crippen LogP contribution in [0.2, 0.25) is 0 Å². The molecule has 0 aliphatic carbocycles. The number of halogens is 2. The second-order valence-electron chi connectivity index (χ2n) is 9.06. The maximum atomic E-state index is 15.1. The smallest absolute Gasteiger partial charge is 0.268 e. The number of hydrogen-bond donors (Lipinski definition) is 0. The van der Waals surface area contributed by atoms with Crippen molar-refractivity contribution in [2.24, 2.45) is 0 Å². The molecular weight excluding hydrogens is 486 g/mol. The van der Waals surface area contributed by atoms with Gasteiger partial charge in [-0.15, -0.1) is 0 Å². The zero-order valence-corrected chi connectivity index (χ0v) is 21.0. The molecule has 0 amide bonds. The Morgan fingerprint density at radius 3 is 2.25 bits per heavy atom. The second-order valence-corrected chi connectivity index (χ2v) is 10.9. The average Bonchev–Trinajstić information content (AvgIpc) is 3.30. The summed E-state index contributed by atoms with van der Waals surface area (Å²) >= 11 is 0. The quantitative estimate of drug-likeness (QED) is 0.406. The Labute approximate surface area is 208 Å². The van der Waals surface area contributed by atoms with E-state index in [0.717, 1.165) is 21.8 Å². The molecule has 1 aliphatic heterocycles. The summed E-state index contributed by atoms with van der Waals surface area (Å²) in [5, 5.41) is 0.605. The Morgan fingerprint density at radius 2 is 1.64 bits per heavy atom. The van der Waals surface area contributed by atoms with Crippen LogP contribution in [0.3, 0.4) is 0 Å². The van der Waals surface area contributed by atoms with Gasteiger partial charge in [0.1, 0.15) is 5.69 Å². The molecule has 4 aromatic rings. The summed E-state index contributed by atoms with van der Waals surface area (Å²) in [6, 6.07) is 7.14. The number of hydrogen-bond acceptors (Lipinski definition) is 7. The molecule has 1 aliphatic rings. The van der Waals surface area contributed by atoms with Gasteiger partial charge in [-0.1, -0.05) is 0 Å². The van der Waals surface area contributed by atoms with Crippen molar-refractivity contribution in [2.75, 3.05) is 57.1 Å². The molecule has 5 rings (SSSR count). The normalized spacial score (nSPS) is 15.0. The van der Waals surface area contributed by atoms with Crippen molar-refractivity contribution < 1.29 is 17.2 Å². The first-order valence-electron chi connectivity index (χ1n) is 11.4. The van der Waals surface area contributed by atoms with Gasteiger partial charge in [0, 0.05) is 63.6 Å². The topological polar surface area (TPSA) is 74.6 Å². The van der Waals surface area contributed by atoms with Gasteiger partial charge in [0.15, 0.2) is 11.6 Å². The van der Waals surface area contributed by atoms with Crippen LogP contribution in [0, 0.1) is 11.6 Å². The van der Waals surface area contributed by atoms with Gasteiger partial charge in [-0.2, -0.15) is 0 Å². The molecule has 8 nitrogen and oxygen atoms in total. The van der Waals surface area contributed by atoms with Crippen molar-refractivity contribution in [1.29, 1.82) is 0 Å². The van der Waals surface area contributed by atoms with Gasteiger partial charge in [0.05, 0.1) is 34.2 Å². The van der Waals surface area contributed by atoms with Gasteiger partial charge in [0.25, 0.3) is 10.0 Å². The van der Waals surface area contributed by atoms with Gasteiger partial charge >= 0.3 is 0 Å². The minimum Gasteiger partial charge on any atom is -0.376 e. The highest BCUT2D eigenvalue weighted by atomic mass is 32.2. The van der Waals surface area contributed by atoms with Crippen molar-refractivity contribution in [2.45, 2.75) is 4.90 Å². The molecule has 0 atom stereocenters. The Bertz CT molecular complexity index is 1510. The second kappa shape index (κ2) is 9.14. The minimum atomic E-state index is -4.30. The van der Waals surface area contributed by atoms with Crippen molar-refractivity contribution >= 4 is 32.3 Å². The van der Waals surface area contributed by atoms with Crippen molar-refractivity contribution in [3.05, 3.63) is 66.8 Å². The standard InChI is InChI=1S/C25H26F2N6O2S/c1-30(2)17-4-5-23(29-14-17)20-15-28-16-24-19(20)6-7-33(24)36(34,35)18-12-21(26)25(22(27)13-18)32-10-8-31(3)9-11-32/h4-7,12-16H,8-11H2,1-3H3. The first-order chi connectivity index (χ1) is 17.2. The van der Waals surface area contributed by atoms with Crippen LogP contribution in [0.5, 0.6) is 0 Å². The van der Waals surface area contributed by atoms with Crippen molar-refractivity contribution in [1.82, 2.24) is 18.8 Å². The third-order valence-corrected chi connectivity index (χ3v) is 8.16. The van der Waals surface area contributed by atoms with Gasteiger partial charge in [-0.3, -0.25) is 9.97 Å². The molecular formula is C25H26F2N6O2S. The zero-order valence-electron chi connectivity index (χ0n) is 20.2. The van der Waals surface area contributed by atoms with E-state index >= 15 is 8.78 Å². The van der Waals surface area contributed by atoms with E-state index in [1.165, 1.54) is 12.4 Å². The fourth-order valence-corrected chi connectivity index (χ4v) is 5.75. The number of likely N-dealkylation sites (N-methyl/N-ethyl adjacent to an activating group) is 1. The fraction of sp³-hybridized carbons (Fsp3) is 0.280. The van der Waals surface area contributed by atoms with Gasteiger partial charge in [0.2, 0.25) is 0 Å². The molecule has 0 unspecified atom stereocenters. The van der Waals surface area contributed by atoms with E-state index in [9.17, 15) is 8.42 Å². The van der Waals surface area contributed by atoms with Crippen LogP contribution < -0.4 is 9.80 Å². The third kappa shape index (κ3) is 4.18. The number of benzene rings is 1. The molecule has 0 radical (unpaired) electrons. The molecule has 188 valence electrons. The summed E-state index contributed by atoms with van der Waals surface area (Å²) in [5.74, 6) is -1.81. The summed E-state index contributed by atoms with van der Waals surface area (Å²) < 4.78 is 58.1. The maximum absolute atomic E-state index is 15.1. The summed E-state index contributed by atoms with van der Waals surface area (Å²) in [4.78, 5) is 13.8. The highest BCUT2D eigenvalue weighted by Gasteiger charge is 2.27. The lowest BCUT2D eigenvalue weighted by molar-refractivity contribution is 0.310. The first-order valence-corrected chi connectivity index (χ1v) is 12.9. The predicted octanol–water partition coefficient (Wildman–Crippen LogP) is 3.43. The lowest BCUT2D eigenvalue weighted by Gasteiger charge is -2.34. The van der Waals surface area contributed by atoms with E-state index in [1.807, 2.05) is 38.2 Å². The number of anilines is 2. The Hall–Kier alpha value is -3.57. The molecule has 4 heterocycles. The molecule has 0 saturated carbocycles. The van der Waals surface area contributed by atoms with E-state index in [1.54, 1.807) is 23.4 Å². The maximum Gasteiger partial charge on any atom is 0.268 e. The molecule has 0 bridgehead atoms. The van der Waals surface area contributed by atoms with Crippen molar-refractivity contribution in [3.63, 3.8) is 0 Å². The Morgan fingerprint density at radius 1 is 0.944 bits per heavy atom. The fourth-order valence-electron chi connectivity index (χ4n) is 4.39. The number of fused-ring (bicyclic) bond motifs is 1. The predicted molar refractivity (Wildman–Crippen MR) is 136 cm³/mol. The number of rotatable bonds is 5. The molecule has 1 saturated heterocycles. The first kappa shape index (κ1) is 24.1. The number of nitrogens with zero attached hydrogens (tertiary/aromatic N) is 6.